The molecule has 2 aromatic rings. The molecular weight excluding hydrogens is 316 g/mol. The normalized spacial score (nSPS) is 16.6. The van der Waals surface area contributed by atoms with E-state index in [1.165, 1.54) is 11.3 Å². The monoisotopic (exact) mass is 330 g/mol. The minimum absolute atomic E-state index is 0.0262. The molecule has 4 rings (SSSR count). The quantitative estimate of drug-likeness (QED) is 0.804. The zero-order chi connectivity index (χ0) is 15.6. The predicted molar refractivity (Wildman–Crippen MR) is 84.7 cm³/mol. The molecule has 0 spiro atoms. The first-order valence-corrected chi connectivity index (χ1v) is 8.09. The molecule has 3 heterocycles. The Hall–Kier alpha value is -2.54. The molecule has 1 aromatic heterocycles. The molecule has 0 aliphatic carbocycles. The number of aromatic nitrogens is 1. The zero-order valence-electron chi connectivity index (χ0n) is 12.2. The van der Waals surface area contributed by atoms with Crippen LogP contribution >= 0.6 is 11.3 Å². The van der Waals surface area contributed by atoms with E-state index in [1.807, 2.05) is 23.6 Å². The summed E-state index contributed by atoms with van der Waals surface area (Å²) in [7, 11) is 0. The van der Waals surface area contributed by atoms with Crippen LogP contribution in [0.3, 0.4) is 0 Å². The van der Waals surface area contributed by atoms with Gasteiger partial charge in [0, 0.05) is 17.7 Å². The number of hydrogen-bond acceptors (Lipinski definition) is 6. The predicted octanol–water partition coefficient (Wildman–Crippen LogP) is 2.17. The smallest absolute Gasteiger partial charge is 0.273 e. The van der Waals surface area contributed by atoms with Gasteiger partial charge in [-0.1, -0.05) is 17.4 Å². The first-order valence-electron chi connectivity index (χ1n) is 7.21. The first kappa shape index (κ1) is 14.1. The highest BCUT2D eigenvalue weighted by Crippen LogP contribution is 2.32. The van der Waals surface area contributed by atoms with E-state index >= 15 is 0 Å². The average molecular weight is 330 g/mol. The van der Waals surface area contributed by atoms with Gasteiger partial charge in [-0.15, -0.1) is 0 Å². The number of likely N-dealkylation sites (tertiary alicyclic amines) is 1. The van der Waals surface area contributed by atoms with Gasteiger partial charge in [-0.3, -0.25) is 4.79 Å². The van der Waals surface area contributed by atoms with Gasteiger partial charge in [0.2, 0.25) is 12.7 Å². The van der Waals surface area contributed by atoms with Gasteiger partial charge in [0.1, 0.15) is 6.10 Å². The Labute approximate surface area is 136 Å². The molecule has 1 fully saturated rings. The molecule has 2 aliphatic heterocycles. The number of carbonyl (C=O) groups excluding carboxylic acids is 1. The van der Waals surface area contributed by atoms with Crippen LogP contribution < -0.4 is 14.2 Å². The summed E-state index contributed by atoms with van der Waals surface area (Å²) in [5.74, 6) is 1.42. The van der Waals surface area contributed by atoms with Crippen molar-refractivity contribution in [3.8, 4) is 16.7 Å². The lowest BCUT2D eigenvalue weighted by atomic mass is 10.1. The molecular formula is C16H14N2O4S. The maximum absolute atomic E-state index is 12.1. The van der Waals surface area contributed by atoms with E-state index in [1.54, 1.807) is 23.2 Å². The van der Waals surface area contributed by atoms with E-state index < -0.39 is 0 Å². The summed E-state index contributed by atoms with van der Waals surface area (Å²) in [5, 5.41) is 2.52. The van der Waals surface area contributed by atoms with Crippen LogP contribution in [0, 0.1) is 0 Å². The van der Waals surface area contributed by atoms with Crippen LogP contribution in [0.2, 0.25) is 0 Å². The van der Waals surface area contributed by atoms with E-state index in [0.717, 1.165) is 11.3 Å². The number of hydrogen-bond donors (Lipinski definition) is 0. The summed E-state index contributed by atoms with van der Waals surface area (Å²) in [6.07, 6.45) is 5.08. The van der Waals surface area contributed by atoms with E-state index in [4.69, 9.17) is 14.2 Å². The third kappa shape index (κ3) is 3.00. The molecule has 6 nitrogen and oxygen atoms in total. The molecule has 0 unspecified atom stereocenters. The molecule has 1 amide bonds. The van der Waals surface area contributed by atoms with Crippen LogP contribution in [0.5, 0.6) is 16.7 Å². The molecule has 2 aliphatic rings. The fraction of sp³-hybridized carbons (Fsp3) is 0.250. The summed E-state index contributed by atoms with van der Waals surface area (Å²) in [4.78, 5) is 17.9. The molecule has 23 heavy (non-hydrogen) atoms. The second-order valence-corrected chi connectivity index (χ2v) is 6.08. The molecule has 0 bridgehead atoms. The molecule has 118 valence electrons. The molecule has 7 heteroatoms. The van der Waals surface area contributed by atoms with Crippen LogP contribution in [0.15, 0.2) is 35.9 Å². The number of nitrogens with zero attached hydrogens (tertiary/aromatic N) is 2. The molecule has 0 N–H and O–H groups in total. The van der Waals surface area contributed by atoms with Gasteiger partial charge in [-0.2, -0.15) is 0 Å². The summed E-state index contributed by atoms with van der Waals surface area (Å²) < 4.78 is 16.2. The number of benzene rings is 1. The van der Waals surface area contributed by atoms with Gasteiger partial charge in [-0.05, 0) is 23.8 Å². The summed E-state index contributed by atoms with van der Waals surface area (Å²) in [6, 6.07) is 5.59. The number of carbonyl (C=O) groups is 1. The Morgan fingerprint density at radius 3 is 3.04 bits per heavy atom. The fourth-order valence-electron chi connectivity index (χ4n) is 2.39. The molecule has 0 atom stereocenters. The van der Waals surface area contributed by atoms with Crippen molar-refractivity contribution in [3.63, 3.8) is 0 Å². The Balaban J connectivity index is 1.30. The minimum atomic E-state index is -0.0262. The third-order valence-corrected chi connectivity index (χ3v) is 4.31. The summed E-state index contributed by atoms with van der Waals surface area (Å²) >= 11 is 1.45. The number of thiazole rings is 1. The Morgan fingerprint density at radius 2 is 2.22 bits per heavy atom. The van der Waals surface area contributed by atoms with E-state index in [2.05, 4.69) is 4.98 Å². The number of amides is 1. The highest BCUT2D eigenvalue weighted by Gasteiger charge is 2.31. The topological polar surface area (TPSA) is 60.9 Å². The SMILES string of the molecule is O=C(/C=C/c1ccc2c(c1)OCO2)N1CC(Oc2nccs2)C1. The lowest BCUT2D eigenvalue weighted by Gasteiger charge is -2.37. The largest absolute Gasteiger partial charge is 0.463 e. The number of rotatable bonds is 4. The average Bonchev–Trinajstić information content (AvgIpc) is 3.18. The third-order valence-electron chi connectivity index (χ3n) is 3.65. The Kier molecular flexibility index (Phi) is 3.63. The lowest BCUT2D eigenvalue weighted by Crippen LogP contribution is -2.55. The van der Waals surface area contributed by atoms with Crippen molar-refractivity contribution in [2.45, 2.75) is 6.10 Å². The van der Waals surface area contributed by atoms with Crippen LogP contribution in [0.25, 0.3) is 6.08 Å². The van der Waals surface area contributed by atoms with Crippen molar-refractivity contribution in [3.05, 3.63) is 41.4 Å². The molecule has 1 aromatic carbocycles. The summed E-state index contributed by atoms with van der Waals surface area (Å²) in [6.45, 7) is 1.42. The standard InChI is InChI=1S/C16H14N2O4S/c19-15(18-8-12(9-18)22-16-17-5-6-23-16)4-2-11-1-3-13-14(7-11)21-10-20-13/h1-7,12H,8-10H2/b4-2+. The van der Waals surface area contributed by atoms with Crippen LogP contribution in [-0.2, 0) is 4.79 Å². The van der Waals surface area contributed by atoms with Gasteiger partial charge in [0.25, 0.3) is 5.19 Å². The number of ether oxygens (including phenoxy) is 3. The molecule has 0 radical (unpaired) electrons. The lowest BCUT2D eigenvalue weighted by molar-refractivity contribution is -0.134. The van der Waals surface area contributed by atoms with Crippen LogP contribution in [0.1, 0.15) is 5.56 Å². The van der Waals surface area contributed by atoms with Crippen molar-refractivity contribution < 1.29 is 19.0 Å². The van der Waals surface area contributed by atoms with Gasteiger partial charge in [-0.25, -0.2) is 4.98 Å². The van der Waals surface area contributed by atoms with Gasteiger partial charge in [0.05, 0.1) is 13.1 Å². The van der Waals surface area contributed by atoms with Crippen LogP contribution in [0.4, 0.5) is 0 Å². The van der Waals surface area contributed by atoms with Crippen LogP contribution in [-0.4, -0.2) is 41.8 Å². The first-order chi connectivity index (χ1) is 11.3. The van der Waals surface area contributed by atoms with Crippen molar-refractivity contribution >= 4 is 23.3 Å². The maximum Gasteiger partial charge on any atom is 0.273 e. The minimum Gasteiger partial charge on any atom is -0.463 e. The van der Waals surface area contributed by atoms with Crippen molar-refractivity contribution in [1.29, 1.82) is 0 Å². The Bertz CT molecular complexity index is 739. The van der Waals surface area contributed by atoms with Gasteiger partial charge in [0.15, 0.2) is 11.5 Å². The van der Waals surface area contributed by atoms with Crippen molar-refractivity contribution in [1.82, 2.24) is 9.88 Å². The summed E-state index contributed by atoms with van der Waals surface area (Å²) in [5.41, 5.74) is 0.902. The highest BCUT2D eigenvalue weighted by molar-refractivity contribution is 7.11. The van der Waals surface area contributed by atoms with Gasteiger partial charge >= 0.3 is 0 Å². The molecule has 0 saturated carbocycles. The maximum atomic E-state index is 12.1. The van der Waals surface area contributed by atoms with E-state index in [0.29, 0.717) is 24.0 Å². The van der Waals surface area contributed by atoms with Crippen molar-refractivity contribution in [2.75, 3.05) is 19.9 Å². The van der Waals surface area contributed by atoms with E-state index in [-0.39, 0.29) is 18.8 Å². The second-order valence-electron chi connectivity index (χ2n) is 5.23. The van der Waals surface area contributed by atoms with Crippen molar-refractivity contribution in [2.24, 2.45) is 0 Å². The molecule has 1 saturated heterocycles. The Morgan fingerprint density at radius 1 is 1.35 bits per heavy atom. The highest BCUT2D eigenvalue weighted by atomic mass is 32.1. The van der Waals surface area contributed by atoms with Gasteiger partial charge < -0.3 is 19.1 Å². The number of fused-ring (bicyclic) bond motifs is 1. The van der Waals surface area contributed by atoms with E-state index in [9.17, 15) is 4.79 Å². The zero-order valence-corrected chi connectivity index (χ0v) is 13.0. The second kappa shape index (κ2) is 5.92. The fourth-order valence-corrected chi connectivity index (χ4v) is 2.94.